The fourth-order valence-corrected chi connectivity index (χ4v) is 2.83. The Bertz CT molecular complexity index is 712. The third-order valence-corrected chi connectivity index (χ3v) is 4.22. The normalized spacial score (nSPS) is 15.2. The number of para-hydroxylation sites is 2. The number of nitrogens with two attached hydrogens (primary N) is 1. The molecule has 0 bridgehead atoms. The van der Waals surface area contributed by atoms with Crippen molar-refractivity contribution in [2.45, 2.75) is 18.9 Å². The van der Waals surface area contributed by atoms with E-state index in [0.717, 1.165) is 18.5 Å². The van der Waals surface area contributed by atoms with Gasteiger partial charge < -0.3 is 20.7 Å². The van der Waals surface area contributed by atoms with Gasteiger partial charge in [0.2, 0.25) is 0 Å². The zero-order valence-corrected chi connectivity index (χ0v) is 13.7. The zero-order valence-electron chi connectivity index (χ0n) is 13.7. The van der Waals surface area contributed by atoms with Crippen molar-refractivity contribution in [2.24, 2.45) is 5.73 Å². The molecule has 0 atom stereocenters. The second-order valence-corrected chi connectivity index (χ2v) is 5.85. The summed E-state index contributed by atoms with van der Waals surface area (Å²) in [6.45, 7) is 1.37. The Hall–Kier alpha value is -2.60. The highest BCUT2D eigenvalue weighted by molar-refractivity contribution is 5.99. The van der Waals surface area contributed by atoms with Crippen LogP contribution in [0, 0.1) is 0 Å². The predicted octanol–water partition coefficient (Wildman–Crippen LogP) is 2.40. The van der Waals surface area contributed by atoms with Crippen molar-refractivity contribution in [3.8, 4) is 5.75 Å². The minimum atomic E-state index is -0.0209. The van der Waals surface area contributed by atoms with E-state index in [9.17, 15) is 4.79 Å². The van der Waals surface area contributed by atoms with E-state index in [1.807, 2.05) is 29.2 Å². The fraction of sp³-hybridized carbons (Fsp3) is 0.333. The van der Waals surface area contributed by atoms with Crippen LogP contribution in [-0.4, -0.2) is 42.0 Å². The number of methoxy groups -OCH3 is 1. The Morgan fingerprint density at radius 2 is 2.00 bits per heavy atom. The van der Waals surface area contributed by atoms with Gasteiger partial charge in [-0.1, -0.05) is 12.1 Å². The lowest BCUT2D eigenvalue weighted by Crippen LogP contribution is -2.43. The molecule has 0 saturated carbocycles. The van der Waals surface area contributed by atoms with Crippen molar-refractivity contribution in [3.05, 3.63) is 48.2 Å². The molecule has 0 radical (unpaired) electrons. The number of carbonyl (C=O) groups excluding carboxylic acids is 1. The van der Waals surface area contributed by atoms with Crippen molar-refractivity contribution < 1.29 is 9.53 Å². The number of hydrogen-bond donors (Lipinski definition) is 2. The van der Waals surface area contributed by atoms with E-state index in [4.69, 9.17) is 10.5 Å². The van der Waals surface area contributed by atoms with Crippen LogP contribution in [0.5, 0.6) is 5.75 Å². The average molecular weight is 326 g/mol. The maximum absolute atomic E-state index is 12.8. The number of nitrogens with zero attached hydrogens (tertiary/aromatic N) is 2. The van der Waals surface area contributed by atoms with Gasteiger partial charge in [-0.05, 0) is 37.1 Å². The minimum Gasteiger partial charge on any atom is -0.495 e. The molecule has 2 heterocycles. The van der Waals surface area contributed by atoms with Crippen LogP contribution in [-0.2, 0) is 0 Å². The maximum atomic E-state index is 12.8. The minimum absolute atomic E-state index is 0.0209. The molecule has 6 nitrogen and oxygen atoms in total. The lowest BCUT2D eigenvalue weighted by molar-refractivity contribution is 0.0715. The first-order chi connectivity index (χ1) is 11.7. The molecule has 2 aromatic rings. The molecule has 1 amide bonds. The maximum Gasteiger partial charge on any atom is 0.257 e. The van der Waals surface area contributed by atoms with Gasteiger partial charge in [-0.15, -0.1) is 0 Å². The number of carbonyl (C=O) groups is 1. The van der Waals surface area contributed by atoms with E-state index in [1.54, 1.807) is 25.4 Å². The van der Waals surface area contributed by atoms with Gasteiger partial charge in [-0.2, -0.15) is 0 Å². The second-order valence-electron chi connectivity index (χ2n) is 5.85. The number of aromatic nitrogens is 1. The summed E-state index contributed by atoms with van der Waals surface area (Å²) in [7, 11) is 1.61. The number of piperidine rings is 1. The second kappa shape index (κ2) is 7.31. The summed E-state index contributed by atoms with van der Waals surface area (Å²) >= 11 is 0. The molecular formula is C18H22N4O2. The standard InChI is InChI=1S/C18H22N4O2/c1-24-16-7-3-2-6-15(16)21-17-14(5-4-10-20-17)18(23)22-11-8-13(19)9-12-22/h2-7,10,13H,8-9,11-12,19H2,1H3,(H,20,21). The first-order valence-corrected chi connectivity index (χ1v) is 8.09. The Labute approximate surface area is 141 Å². The lowest BCUT2D eigenvalue weighted by atomic mass is 10.1. The summed E-state index contributed by atoms with van der Waals surface area (Å²) < 4.78 is 5.35. The Kier molecular flexibility index (Phi) is 4.96. The van der Waals surface area contributed by atoms with Gasteiger partial charge in [0.05, 0.1) is 18.4 Å². The summed E-state index contributed by atoms with van der Waals surface area (Å²) in [5, 5.41) is 3.21. The number of benzene rings is 1. The van der Waals surface area contributed by atoms with Gasteiger partial charge in [-0.25, -0.2) is 4.98 Å². The Morgan fingerprint density at radius 1 is 1.25 bits per heavy atom. The van der Waals surface area contributed by atoms with Crippen molar-refractivity contribution in [3.63, 3.8) is 0 Å². The molecule has 3 rings (SSSR count). The highest BCUT2D eigenvalue weighted by Gasteiger charge is 2.24. The molecule has 3 N–H and O–H groups in total. The molecule has 6 heteroatoms. The van der Waals surface area contributed by atoms with Gasteiger partial charge in [-0.3, -0.25) is 4.79 Å². The summed E-state index contributed by atoms with van der Waals surface area (Å²) in [5.41, 5.74) is 7.25. The number of anilines is 2. The van der Waals surface area contributed by atoms with Crippen LogP contribution in [0.3, 0.4) is 0 Å². The smallest absolute Gasteiger partial charge is 0.257 e. The number of ether oxygens (including phenoxy) is 1. The third-order valence-electron chi connectivity index (χ3n) is 4.22. The van der Waals surface area contributed by atoms with Gasteiger partial charge >= 0.3 is 0 Å². The quantitative estimate of drug-likeness (QED) is 0.902. The van der Waals surface area contributed by atoms with Crippen molar-refractivity contribution in [1.82, 2.24) is 9.88 Å². The summed E-state index contributed by atoms with van der Waals surface area (Å²) in [6.07, 6.45) is 3.34. The molecule has 126 valence electrons. The zero-order chi connectivity index (χ0) is 16.9. The number of pyridine rings is 1. The molecule has 0 unspecified atom stereocenters. The van der Waals surface area contributed by atoms with Crippen LogP contribution in [0.25, 0.3) is 0 Å². The van der Waals surface area contributed by atoms with E-state index >= 15 is 0 Å². The largest absolute Gasteiger partial charge is 0.495 e. The number of hydrogen-bond acceptors (Lipinski definition) is 5. The highest BCUT2D eigenvalue weighted by Crippen LogP contribution is 2.28. The molecule has 24 heavy (non-hydrogen) atoms. The molecule has 1 aromatic heterocycles. The first-order valence-electron chi connectivity index (χ1n) is 8.09. The number of amides is 1. The first kappa shape index (κ1) is 16.3. The lowest BCUT2D eigenvalue weighted by Gasteiger charge is -2.30. The van der Waals surface area contributed by atoms with Crippen molar-refractivity contribution in [2.75, 3.05) is 25.5 Å². The third kappa shape index (κ3) is 3.49. The Morgan fingerprint density at radius 3 is 2.75 bits per heavy atom. The summed E-state index contributed by atoms with van der Waals surface area (Å²) in [4.78, 5) is 19.0. The van der Waals surface area contributed by atoms with E-state index in [0.29, 0.717) is 30.2 Å². The summed E-state index contributed by atoms with van der Waals surface area (Å²) in [5.74, 6) is 1.21. The van der Waals surface area contributed by atoms with Gasteiger partial charge in [0.1, 0.15) is 11.6 Å². The molecule has 1 aliphatic heterocycles. The highest BCUT2D eigenvalue weighted by atomic mass is 16.5. The number of likely N-dealkylation sites (tertiary alicyclic amines) is 1. The van der Waals surface area contributed by atoms with Crippen molar-refractivity contribution in [1.29, 1.82) is 0 Å². The SMILES string of the molecule is COc1ccccc1Nc1ncccc1C(=O)N1CCC(N)CC1. The number of nitrogens with one attached hydrogen (secondary N) is 1. The molecular weight excluding hydrogens is 304 g/mol. The molecule has 1 aromatic carbocycles. The average Bonchev–Trinajstić information content (AvgIpc) is 2.63. The Balaban J connectivity index is 1.84. The molecule has 1 fully saturated rings. The van der Waals surface area contributed by atoms with Crippen LogP contribution in [0.4, 0.5) is 11.5 Å². The molecule has 0 spiro atoms. The van der Waals surface area contributed by atoms with Crippen LogP contribution in [0.15, 0.2) is 42.6 Å². The number of rotatable bonds is 4. The predicted molar refractivity (Wildman–Crippen MR) is 93.6 cm³/mol. The molecule has 0 aliphatic carbocycles. The molecule has 1 saturated heterocycles. The topological polar surface area (TPSA) is 80.5 Å². The van der Waals surface area contributed by atoms with Gasteiger partial charge in [0.25, 0.3) is 5.91 Å². The monoisotopic (exact) mass is 326 g/mol. The van der Waals surface area contributed by atoms with E-state index < -0.39 is 0 Å². The van der Waals surface area contributed by atoms with Crippen LogP contribution >= 0.6 is 0 Å². The van der Waals surface area contributed by atoms with E-state index in [2.05, 4.69) is 10.3 Å². The van der Waals surface area contributed by atoms with E-state index in [-0.39, 0.29) is 11.9 Å². The van der Waals surface area contributed by atoms with Crippen LogP contribution in [0.2, 0.25) is 0 Å². The fourth-order valence-electron chi connectivity index (χ4n) is 2.83. The van der Waals surface area contributed by atoms with Crippen molar-refractivity contribution >= 4 is 17.4 Å². The van der Waals surface area contributed by atoms with Gasteiger partial charge in [0, 0.05) is 25.3 Å². The summed E-state index contributed by atoms with van der Waals surface area (Å²) in [6, 6.07) is 11.3. The van der Waals surface area contributed by atoms with Crippen LogP contribution < -0.4 is 15.8 Å². The molecule has 1 aliphatic rings. The van der Waals surface area contributed by atoms with Crippen LogP contribution in [0.1, 0.15) is 23.2 Å². The van der Waals surface area contributed by atoms with Gasteiger partial charge in [0.15, 0.2) is 0 Å². The van der Waals surface area contributed by atoms with E-state index in [1.165, 1.54) is 0 Å².